The Kier molecular flexibility index (Phi) is 5.01. The third kappa shape index (κ3) is 3.94. The molecule has 1 amide bonds. The lowest BCUT2D eigenvalue weighted by atomic mass is 10.1. The molecule has 1 aromatic rings. The van der Waals surface area contributed by atoms with Crippen LogP contribution in [0, 0.1) is 17.0 Å². The van der Waals surface area contributed by atoms with Gasteiger partial charge in [-0.05, 0) is 19.4 Å². The normalized spacial score (nSPS) is 10.1. The van der Waals surface area contributed by atoms with E-state index in [0.717, 1.165) is 6.07 Å². The van der Waals surface area contributed by atoms with Crippen molar-refractivity contribution < 1.29 is 19.6 Å². The smallest absolute Gasteiger partial charge is 0.336 e. The van der Waals surface area contributed by atoms with Gasteiger partial charge >= 0.3 is 5.97 Å². The van der Waals surface area contributed by atoms with E-state index in [2.05, 4.69) is 5.32 Å². The fraction of sp³-hybridized carbons (Fsp3) is 0.333. The number of anilines is 1. The van der Waals surface area contributed by atoms with Gasteiger partial charge in [0.1, 0.15) is 0 Å². The first kappa shape index (κ1) is 15.4. The Labute approximate surface area is 114 Å². The number of amides is 1. The molecule has 0 aromatic heterocycles. The molecule has 0 radical (unpaired) electrons. The zero-order chi connectivity index (χ0) is 15.3. The van der Waals surface area contributed by atoms with E-state index in [1.807, 2.05) is 0 Å². The molecule has 8 heteroatoms. The zero-order valence-corrected chi connectivity index (χ0v) is 10.9. The molecule has 0 fully saturated rings. The predicted molar refractivity (Wildman–Crippen MR) is 71.7 cm³/mol. The van der Waals surface area contributed by atoms with E-state index in [9.17, 15) is 19.7 Å². The fourth-order valence-electron chi connectivity index (χ4n) is 1.68. The van der Waals surface area contributed by atoms with Crippen LogP contribution in [0.5, 0.6) is 0 Å². The van der Waals surface area contributed by atoms with Crippen LogP contribution in [0.1, 0.15) is 28.8 Å². The highest BCUT2D eigenvalue weighted by Gasteiger charge is 2.18. The molecular weight excluding hydrogens is 266 g/mol. The molecular formula is C12H15N3O5. The quantitative estimate of drug-likeness (QED) is 0.391. The molecule has 1 rings (SSSR count). The molecule has 0 heterocycles. The summed E-state index contributed by atoms with van der Waals surface area (Å²) >= 11 is 0. The summed E-state index contributed by atoms with van der Waals surface area (Å²) in [5.41, 5.74) is 5.28. The van der Waals surface area contributed by atoms with Crippen LogP contribution in [0.25, 0.3) is 0 Å². The number of carbonyl (C=O) groups excluding carboxylic acids is 1. The third-order valence-electron chi connectivity index (χ3n) is 2.74. The Morgan fingerprint density at radius 1 is 1.45 bits per heavy atom. The number of nitrogens with two attached hydrogens (primary N) is 1. The average Bonchev–Trinajstić information content (AvgIpc) is 2.35. The number of nitro benzene ring substituents is 1. The van der Waals surface area contributed by atoms with E-state index in [1.165, 1.54) is 13.0 Å². The van der Waals surface area contributed by atoms with Gasteiger partial charge in [-0.1, -0.05) is 0 Å². The van der Waals surface area contributed by atoms with Crippen molar-refractivity contribution in [2.75, 3.05) is 11.9 Å². The van der Waals surface area contributed by atoms with Crippen LogP contribution < -0.4 is 11.1 Å². The van der Waals surface area contributed by atoms with Gasteiger partial charge in [-0.3, -0.25) is 14.9 Å². The lowest BCUT2D eigenvalue weighted by Gasteiger charge is -2.10. The summed E-state index contributed by atoms with van der Waals surface area (Å²) in [7, 11) is 0. The van der Waals surface area contributed by atoms with Crippen molar-refractivity contribution in [2.24, 2.45) is 5.73 Å². The van der Waals surface area contributed by atoms with Crippen LogP contribution >= 0.6 is 0 Å². The number of hydrogen-bond acceptors (Lipinski definition) is 5. The van der Waals surface area contributed by atoms with Crippen LogP contribution in [-0.4, -0.2) is 28.5 Å². The van der Waals surface area contributed by atoms with Gasteiger partial charge < -0.3 is 16.2 Å². The summed E-state index contributed by atoms with van der Waals surface area (Å²) in [5.74, 6) is -1.68. The van der Waals surface area contributed by atoms with Gasteiger partial charge in [0.2, 0.25) is 5.91 Å². The zero-order valence-electron chi connectivity index (χ0n) is 10.9. The molecule has 0 aliphatic heterocycles. The van der Waals surface area contributed by atoms with E-state index in [4.69, 9.17) is 10.8 Å². The van der Waals surface area contributed by atoms with Crippen molar-refractivity contribution in [3.63, 3.8) is 0 Å². The van der Waals surface area contributed by atoms with Gasteiger partial charge in [0.15, 0.2) is 0 Å². The van der Waals surface area contributed by atoms with Crippen LogP contribution in [0.15, 0.2) is 12.1 Å². The molecule has 0 spiro atoms. The summed E-state index contributed by atoms with van der Waals surface area (Å²) in [5, 5.41) is 22.7. The number of hydrogen-bond donors (Lipinski definition) is 3. The van der Waals surface area contributed by atoms with Gasteiger partial charge in [0.05, 0.1) is 10.5 Å². The number of rotatable bonds is 7. The van der Waals surface area contributed by atoms with Crippen LogP contribution in [0.4, 0.5) is 11.4 Å². The van der Waals surface area contributed by atoms with Crippen molar-refractivity contribution in [3.8, 4) is 0 Å². The second kappa shape index (κ2) is 6.50. The third-order valence-corrected chi connectivity index (χ3v) is 2.74. The number of nitrogens with one attached hydrogen (secondary N) is 1. The molecule has 0 aliphatic carbocycles. The van der Waals surface area contributed by atoms with E-state index in [1.54, 1.807) is 0 Å². The summed E-state index contributed by atoms with van der Waals surface area (Å²) in [6.07, 6.45) is 0.645. The van der Waals surface area contributed by atoms with E-state index in [-0.39, 0.29) is 17.7 Å². The number of carboxylic acids is 1. The lowest BCUT2D eigenvalue weighted by Crippen LogP contribution is -2.13. The summed E-state index contributed by atoms with van der Waals surface area (Å²) in [6.45, 7) is 1.89. The van der Waals surface area contributed by atoms with E-state index in [0.29, 0.717) is 24.2 Å². The number of aromatic carboxylic acids is 1. The number of carboxylic acid groups (broad SMARTS) is 1. The monoisotopic (exact) mass is 281 g/mol. The highest BCUT2D eigenvalue weighted by molar-refractivity contribution is 5.90. The molecule has 0 saturated carbocycles. The summed E-state index contributed by atoms with van der Waals surface area (Å²) in [4.78, 5) is 31.8. The van der Waals surface area contributed by atoms with Crippen molar-refractivity contribution in [3.05, 3.63) is 33.4 Å². The molecule has 0 saturated heterocycles. The number of benzene rings is 1. The SMILES string of the molecule is Cc1c(NCCCC(N)=O)cc(C(=O)O)cc1[N+](=O)[O-]. The van der Waals surface area contributed by atoms with Gasteiger partial charge in [0, 0.05) is 30.3 Å². The maximum Gasteiger partial charge on any atom is 0.336 e. The molecule has 108 valence electrons. The van der Waals surface area contributed by atoms with Crippen LogP contribution in [-0.2, 0) is 4.79 Å². The lowest BCUT2D eigenvalue weighted by molar-refractivity contribution is -0.385. The molecule has 4 N–H and O–H groups in total. The minimum atomic E-state index is -1.24. The molecule has 8 nitrogen and oxygen atoms in total. The van der Waals surface area contributed by atoms with Crippen molar-refractivity contribution in [1.29, 1.82) is 0 Å². The van der Waals surface area contributed by atoms with Crippen molar-refractivity contribution >= 4 is 23.3 Å². The first-order chi connectivity index (χ1) is 9.32. The van der Waals surface area contributed by atoms with Gasteiger partial charge in [0.25, 0.3) is 5.69 Å². The minimum absolute atomic E-state index is 0.167. The fourth-order valence-corrected chi connectivity index (χ4v) is 1.68. The predicted octanol–water partition coefficient (Wildman–Crippen LogP) is 1.28. The van der Waals surface area contributed by atoms with Crippen molar-refractivity contribution in [1.82, 2.24) is 0 Å². The number of nitrogens with zero attached hydrogens (tertiary/aromatic N) is 1. The summed E-state index contributed by atoms with van der Waals surface area (Å²) in [6, 6.07) is 2.35. The molecule has 1 aromatic carbocycles. The highest BCUT2D eigenvalue weighted by atomic mass is 16.6. The number of nitro groups is 1. The molecule has 0 aliphatic rings. The molecule has 0 bridgehead atoms. The average molecular weight is 281 g/mol. The number of carbonyl (C=O) groups is 2. The van der Waals surface area contributed by atoms with Gasteiger partial charge in [-0.15, -0.1) is 0 Å². The van der Waals surface area contributed by atoms with Crippen LogP contribution in [0.2, 0.25) is 0 Å². The largest absolute Gasteiger partial charge is 0.478 e. The van der Waals surface area contributed by atoms with Gasteiger partial charge in [-0.2, -0.15) is 0 Å². The van der Waals surface area contributed by atoms with E-state index < -0.39 is 16.8 Å². The second-order valence-electron chi connectivity index (χ2n) is 4.23. The Morgan fingerprint density at radius 2 is 2.10 bits per heavy atom. The Balaban J connectivity index is 2.96. The topological polar surface area (TPSA) is 136 Å². The maximum absolute atomic E-state index is 10.9. The first-order valence-corrected chi connectivity index (χ1v) is 5.87. The second-order valence-corrected chi connectivity index (χ2v) is 4.23. The van der Waals surface area contributed by atoms with Gasteiger partial charge in [-0.25, -0.2) is 4.79 Å². The van der Waals surface area contributed by atoms with E-state index >= 15 is 0 Å². The maximum atomic E-state index is 10.9. The van der Waals surface area contributed by atoms with Crippen molar-refractivity contribution in [2.45, 2.75) is 19.8 Å². The van der Waals surface area contributed by atoms with Crippen LogP contribution in [0.3, 0.4) is 0 Å². The number of primary amides is 1. The Hall–Kier alpha value is -2.64. The highest BCUT2D eigenvalue weighted by Crippen LogP contribution is 2.27. The first-order valence-electron chi connectivity index (χ1n) is 5.87. The Bertz CT molecular complexity index is 556. The molecule has 20 heavy (non-hydrogen) atoms. The summed E-state index contributed by atoms with van der Waals surface area (Å²) < 4.78 is 0. The molecule has 0 unspecified atom stereocenters. The molecule has 0 atom stereocenters. The Morgan fingerprint density at radius 3 is 2.60 bits per heavy atom. The standard InChI is InChI=1S/C12H15N3O5/c1-7-9(14-4-2-3-11(13)16)5-8(12(17)18)6-10(7)15(19)20/h5-6,14H,2-4H2,1H3,(H2,13,16)(H,17,18). The minimum Gasteiger partial charge on any atom is -0.478 e.